The van der Waals surface area contributed by atoms with E-state index >= 15 is 0 Å². The molecule has 1 fully saturated rings. The van der Waals surface area contributed by atoms with Crippen molar-refractivity contribution in [1.82, 2.24) is 5.32 Å². The van der Waals surface area contributed by atoms with Crippen LogP contribution in [-0.4, -0.2) is 12.6 Å². The van der Waals surface area contributed by atoms with Crippen LogP contribution in [0.3, 0.4) is 0 Å². The van der Waals surface area contributed by atoms with Gasteiger partial charge in [0.2, 0.25) is 0 Å². The van der Waals surface area contributed by atoms with Gasteiger partial charge in [-0.15, -0.1) is 0 Å². The summed E-state index contributed by atoms with van der Waals surface area (Å²) in [6.45, 7) is 8.22. The monoisotopic (exact) mass is 197 g/mol. The Kier molecular flexibility index (Phi) is 5.54. The molecule has 1 aliphatic carbocycles. The van der Waals surface area contributed by atoms with E-state index in [0.29, 0.717) is 0 Å². The molecule has 1 aliphatic rings. The SMILES string of the molecule is CCCNC1CCCCC(C(C)C)C1. The van der Waals surface area contributed by atoms with Crippen molar-refractivity contribution in [2.45, 2.75) is 65.3 Å². The van der Waals surface area contributed by atoms with E-state index in [9.17, 15) is 0 Å². The molecule has 14 heavy (non-hydrogen) atoms. The Labute approximate surface area is 89.7 Å². The Bertz CT molecular complexity index is 142. The lowest BCUT2D eigenvalue weighted by atomic mass is 9.87. The molecular weight excluding hydrogens is 170 g/mol. The van der Waals surface area contributed by atoms with Crippen LogP contribution in [0.1, 0.15) is 59.3 Å². The Balaban J connectivity index is 2.35. The highest BCUT2D eigenvalue weighted by molar-refractivity contribution is 4.77. The van der Waals surface area contributed by atoms with Gasteiger partial charge in [-0.25, -0.2) is 0 Å². The summed E-state index contributed by atoms with van der Waals surface area (Å²) in [5.41, 5.74) is 0. The molecule has 0 saturated heterocycles. The first kappa shape index (κ1) is 12.0. The fourth-order valence-electron chi connectivity index (χ4n) is 2.54. The zero-order valence-corrected chi connectivity index (χ0v) is 10.2. The first-order chi connectivity index (χ1) is 6.74. The van der Waals surface area contributed by atoms with Crippen LogP contribution in [0.4, 0.5) is 0 Å². The first-order valence-electron chi connectivity index (χ1n) is 6.47. The second-order valence-corrected chi connectivity index (χ2v) is 5.18. The van der Waals surface area contributed by atoms with E-state index in [0.717, 1.165) is 17.9 Å². The maximum Gasteiger partial charge on any atom is 0.00697 e. The molecule has 0 aromatic carbocycles. The summed E-state index contributed by atoms with van der Waals surface area (Å²) in [7, 11) is 0. The topological polar surface area (TPSA) is 12.0 Å². The van der Waals surface area contributed by atoms with Gasteiger partial charge in [-0.05, 0) is 37.6 Å². The molecule has 1 rings (SSSR count). The van der Waals surface area contributed by atoms with Gasteiger partial charge in [-0.3, -0.25) is 0 Å². The number of rotatable bonds is 4. The molecule has 0 aromatic rings. The normalized spacial score (nSPS) is 29.1. The van der Waals surface area contributed by atoms with Crippen molar-refractivity contribution < 1.29 is 0 Å². The number of hydrogen-bond donors (Lipinski definition) is 1. The highest BCUT2D eigenvalue weighted by Crippen LogP contribution is 2.28. The molecule has 0 bridgehead atoms. The Hall–Kier alpha value is -0.0400. The van der Waals surface area contributed by atoms with Crippen molar-refractivity contribution in [1.29, 1.82) is 0 Å². The second-order valence-electron chi connectivity index (χ2n) is 5.18. The second kappa shape index (κ2) is 6.44. The summed E-state index contributed by atoms with van der Waals surface area (Å²) < 4.78 is 0. The van der Waals surface area contributed by atoms with E-state index in [1.807, 2.05) is 0 Å². The van der Waals surface area contributed by atoms with E-state index in [-0.39, 0.29) is 0 Å². The van der Waals surface area contributed by atoms with E-state index in [2.05, 4.69) is 26.1 Å². The van der Waals surface area contributed by atoms with Crippen LogP contribution in [0.15, 0.2) is 0 Å². The average Bonchev–Trinajstić information content (AvgIpc) is 2.39. The van der Waals surface area contributed by atoms with Crippen molar-refractivity contribution in [3.05, 3.63) is 0 Å². The molecule has 1 N–H and O–H groups in total. The summed E-state index contributed by atoms with van der Waals surface area (Å²) in [6.07, 6.45) is 8.43. The molecule has 0 aliphatic heterocycles. The van der Waals surface area contributed by atoms with Crippen molar-refractivity contribution in [3.8, 4) is 0 Å². The molecule has 0 amide bonds. The third kappa shape index (κ3) is 4.00. The highest BCUT2D eigenvalue weighted by Gasteiger charge is 2.21. The Morgan fingerprint density at radius 1 is 1.21 bits per heavy atom. The smallest absolute Gasteiger partial charge is 0.00697 e. The van der Waals surface area contributed by atoms with E-state index < -0.39 is 0 Å². The van der Waals surface area contributed by atoms with Crippen LogP contribution < -0.4 is 5.32 Å². The van der Waals surface area contributed by atoms with Gasteiger partial charge in [0.05, 0.1) is 0 Å². The molecule has 0 spiro atoms. The van der Waals surface area contributed by atoms with Crippen LogP contribution in [0.5, 0.6) is 0 Å². The molecule has 2 atom stereocenters. The average molecular weight is 197 g/mol. The third-order valence-electron chi connectivity index (χ3n) is 3.59. The third-order valence-corrected chi connectivity index (χ3v) is 3.59. The Morgan fingerprint density at radius 3 is 2.57 bits per heavy atom. The van der Waals surface area contributed by atoms with Gasteiger partial charge in [0.25, 0.3) is 0 Å². The lowest BCUT2D eigenvalue weighted by molar-refractivity contribution is 0.308. The van der Waals surface area contributed by atoms with E-state index in [4.69, 9.17) is 0 Å². The minimum absolute atomic E-state index is 0.810. The van der Waals surface area contributed by atoms with Crippen LogP contribution in [-0.2, 0) is 0 Å². The van der Waals surface area contributed by atoms with Gasteiger partial charge < -0.3 is 5.32 Å². The molecule has 84 valence electrons. The molecule has 1 heteroatoms. The molecule has 2 unspecified atom stereocenters. The minimum Gasteiger partial charge on any atom is -0.314 e. The van der Waals surface area contributed by atoms with Gasteiger partial charge in [0, 0.05) is 6.04 Å². The predicted octanol–water partition coefficient (Wildman–Crippen LogP) is 3.59. The molecule has 1 nitrogen and oxygen atoms in total. The van der Waals surface area contributed by atoms with Gasteiger partial charge >= 0.3 is 0 Å². The lowest BCUT2D eigenvalue weighted by Crippen LogP contribution is -2.31. The standard InChI is InChI=1S/C13H27N/c1-4-9-14-13-8-6-5-7-12(10-13)11(2)3/h11-14H,4-10H2,1-3H3. The maximum absolute atomic E-state index is 3.70. The Morgan fingerprint density at radius 2 is 1.93 bits per heavy atom. The molecule has 1 saturated carbocycles. The lowest BCUT2D eigenvalue weighted by Gasteiger charge is -2.23. The van der Waals surface area contributed by atoms with Crippen LogP contribution in [0, 0.1) is 11.8 Å². The first-order valence-corrected chi connectivity index (χ1v) is 6.47. The fourth-order valence-corrected chi connectivity index (χ4v) is 2.54. The summed E-state index contributed by atoms with van der Waals surface area (Å²) in [5.74, 6) is 1.84. The molecule has 0 heterocycles. The summed E-state index contributed by atoms with van der Waals surface area (Å²) in [5, 5.41) is 3.70. The van der Waals surface area contributed by atoms with E-state index in [1.165, 1.54) is 45.1 Å². The number of hydrogen-bond acceptors (Lipinski definition) is 1. The molecule has 0 aromatic heterocycles. The van der Waals surface area contributed by atoms with Gasteiger partial charge in [0.15, 0.2) is 0 Å². The van der Waals surface area contributed by atoms with Crippen LogP contribution in [0.2, 0.25) is 0 Å². The van der Waals surface area contributed by atoms with E-state index in [1.54, 1.807) is 0 Å². The number of nitrogens with one attached hydrogen (secondary N) is 1. The largest absolute Gasteiger partial charge is 0.314 e. The summed E-state index contributed by atoms with van der Waals surface area (Å²) in [6, 6.07) is 0.810. The van der Waals surface area contributed by atoms with Gasteiger partial charge in [-0.2, -0.15) is 0 Å². The van der Waals surface area contributed by atoms with Gasteiger partial charge in [-0.1, -0.05) is 40.0 Å². The highest BCUT2D eigenvalue weighted by atomic mass is 14.9. The zero-order valence-electron chi connectivity index (χ0n) is 10.2. The van der Waals surface area contributed by atoms with Crippen molar-refractivity contribution in [2.75, 3.05) is 6.54 Å². The van der Waals surface area contributed by atoms with Crippen LogP contribution >= 0.6 is 0 Å². The minimum atomic E-state index is 0.810. The van der Waals surface area contributed by atoms with Crippen molar-refractivity contribution in [3.63, 3.8) is 0 Å². The van der Waals surface area contributed by atoms with Crippen molar-refractivity contribution >= 4 is 0 Å². The summed E-state index contributed by atoms with van der Waals surface area (Å²) in [4.78, 5) is 0. The molecule has 0 radical (unpaired) electrons. The summed E-state index contributed by atoms with van der Waals surface area (Å²) >= 11 is 0. The molecular formula is C13H27N. The fraction of sp³-hybridized carbons (Fsp3) is 1.00. The van der Waals surface area contributed by atoms with Crippen LogP contribution in [0.25, 0.3) is 0 Å². The zero-order chi connectivity index (χ0) is 10.4. The van der Waals surface area contributed by atoms with Gasteiger partial charge in [0.1, 0.15) is 0 Å². The maximum atomic E-state index is 3.70. The quantitative estimate of drug-likeness (QED) is 0.679. The van der Waals surface area contributed by atoms with Crippen molar-refractivity contribution in [2.24, 2.45) is 11.8 Å². The predicted molar refractivity (Wildman–Crippen MR) is 63.5 cm³/mol.